The number of carbonyl (C=O) groups excluding carboxylic acids is 1. The fourth-order valence-electron chi connectivity index (χ4n) is 2.02. The van der Waals surface area contributed by atoms with Gasteiger partial charge in [0.25, 0.3) is 0 Å². The van der Waals surface area contributed by atoms with E-state index in [1.807, 2.05) is 11.4 Å². The predicted octanol–water partition coefficient (Wildman–Crippen LogP) is 1.73. The van der Waals surface area contributed by atoms with Crippen molar-refractivity contribution < 1.29 is 17.6 Å². The SMILES string of the molecule is CCS(=O)(=O)N(C)CCCNC(=O)Cc1csc(-c2ccco2)n1. The molecule has 0 aliphatic rings. The Morgan fingerprint density at radius 2 is 2.25 bits per heavy atom. The first-order valence-electron chi connectivity index (χ1n) is 7.61. The molecule has 9 heteroatoms. The number of thiazole rings is 1. The Morgan fingerprint density at radius 1 is 1.46 bits per heavy atom. The average Bonchev–Trinajstić information content (AvgIpc) is 3.22. The molecule has 0 atom stereocenters. The quantitative estimate of drug-likeness (QED) is 0.678. The van der Waals surface area contributed by atoms with Gasteiger partial charge in [0, 0.05) is 25.5 Å². The van der Waals surface area contributed by atoms with Gasteiger partial charge in [0.2, 0.25) is 15.9 Å². The molecule has 132 valence electrons. The molecule has 0 saturated carbocycles. The summed E-state index contributed by atoms with van der Waals surface area (Å²) in [6.07, 6.45) is 2.34. The molecule has 1 N–H and O–H groups in total. The van der Waals surface area contributed by atoms with Gasteiger partial charge in [-0.15, -0.1) is 11.3 Å². The van der Waals surface area contributed by atoms with Crippen molar-refractivity contribution in [1.82, 2.24) is 14.6 Å². The first-order valence-corrected chi connectivity index (χ1v) is 10.1. The number of rotatable bonds is 9. The Balaban J connectivity index is 1.72. The van der Waals surface area contributed by atoms with Crippen LogP contribution in [0, 0.1) is 0 Å². The zero-order valence-corrected chi connectivity index (χ0v) is 15.3. The molecule has 0 aliphatic carbocycles. The fraction of sp³-hybridized carbons (Fsp3) is 0.467. The first kappa shape index (κ1) is 18.6. The summed E-state index contributed by atoms with van der Waals surface area (Å²) in [5.74, 6) is 0.636. The van der Waals surface area contributed by atoms with E-state index in [0.717, 1.165) is 5.01 Å². The van der Waals surface area contributed by atoms with Crippen molar-refractivity contribution in [2.45, 2.75) is 19.8 Å². The van der Waals surface area contributed by atoms with Gasteiger partial charge in [0.1, 0.15) is 0 Å². The fourth-order valence-corrected chi connectivity index (χ4v) is 3.65. The molecule has 0 saturated heterocycles. The lowest BCUT2D eigenvalue weighted by Crippen LogP contribution is -2.32. The standard InChI is InChI=1S/C15H21N3O4S2/c1-3-24(20,21)18(2)8-5-7-16-14(19)10-12-11-23-15(17-12)13-6-4-9-22-13/h4,6,9,11H,3,5,7-8,10H2,1-2H3,(H,16,19). The largest absolute Gasteiger partial charge is 0.462 e. The molecule has 0 aliphatic heterocycles. The maximum Gasteiger partial charge on any atom is 0.226 e. The van der Waals surface area contributed by atoms with E-state index in [2.05, 4.69) is 10.3 Å². The highest BCUT2D eigenvalue weighted by Crippen LogP contribution is 2.23. The second-order valence-corrected chi connectivity index (χ2v) is 8.45. The third kappa shape index (κ3) is 5.15. The molecule has 2 heterocycles. The smallest absolute Gasteiger partial charge is 0.226 e. The Labute approximate surface area is 145 Å². The molecule has 0 spiro atoms. The lowest BCUT2D eigenvalue weighted by Gasteiger charge is -2.15. The number of amides is 1. The van der Waals surface area contributed by atoms with Gasteiger partial charge in [-0.2, -0.15) is 0 Å². The second-order valence-electron chi connectivity index (χ2n) is 5.22. The maximum absolute atomic E-state index is 11.9. The van der Waals surface area contributed by atoms with Crippen molar-refractivity contribution in [2.75, 3.05) is 25.9 Å². The molecule has 7 nitrogen and oxygen atoms in total. The van der Waals surface area contributed by atoms with E-state index in [0.29, 0.717) is 31.0 Å². The minimum Gasteiger partial charge on any atom is -0.462 e. The van der Waals surface area contributed by atoms with Crippen LogP contribution in [0.4, 0.5) is 0 Å². The monoisotopic (exact) mass is 371 g/mol. The van der Waals surface area contributed by atoms with E-state index in [1.54, 1.807) is 26.3 Å². The van der Waals surface area contributed by atoms with Crippen LogP contribution in [0.15, 0.2) is 28.2 Å². The maximum atomic E-state index is 11.9. The molecular weight excluding hydrogens is 350 g/mol. The van der Waals surface area contributed by atoms with E-state index in [9.17, 15) is 13.2 Å². The molecule has 24 heavy (non-hydrogen) atoms. The lowest BCUT2D eigenvalue weighted by atomic mass is 10.3. The Morgan fingerprint density at radius 3 is 2.92 bits per heavy atom. The number of sulfonamides is 1. The Kier molecular flexibility index (Phi) is 6.52. The minimum absolute atomic E-state index is 0.0810. The highest BCUT2D eigenvalue weighted by atomic mass is 32.2. The van der Waals surface area contributed by atoms with Gasteiger partial charge < -0.3 is 9.73 Å². The second kappa shape index (κ2) is 8.41. The first-order chi connectivity index (χ1) is 11.4. The topological polar surface area (TPSA) is 92.5 Å². The van der Waals surface area contributed by atoms with Crippen LogP contribution in [-0.2, 0) is 21.2 Å². The normalized spacial score (nSPS) is 11.8. The molecule has 0 radical (unpaired) electrons. The van der Waals surface area contributed by atoms with Crippen LogP contribution in [0.25, 0.3) is 10.8 Å². The summed E-state index contributed by atoms with van der Waals surface area (Å²) in [4.78, 5) is 16.3. The van der Waals surface area contributed by atoms with Crippen LogP contribution in [-0.4, -0.2) is 49.5 Å². The zero-order chi connectivity index (χ0) is 17.6. The molecule has 0 fully saturated rings. The predicted molar refractivity (Wildman–Crippen MR) is 93.2 cm³/mol. The van der Waals surface area contributed by atoms with Gasteiger partial charge in [-0.1, -0.05) is 0 Å². The molecular formula is C15H21N3O4S2. The number of hydrogen-bond acceptors (Lipinski definition) is 6. The summed E-state index contributed by atoms with van der Waals surface area (Å²) >= 11 is 1.43. The summed E-state index contributed by atoms with van der Waals surface area (Å²) in [7, 11) is -1.62. The van der Waals surface area contributed by atoms with Crippen molar-refractivity contribution in [3.05, 3.63) is 29.5 Å². The van der Waals surface area contributed by atoms with E-state index in [-0.39, 0.29) is 18.1 Å². The van der Waals surface area contributed by atoms with Crippen molar-refractivity contribution in [3.63, 3.8) is 0 Å². The highest BCUT2D eigenvalue weighted by Gasteiger charge is 2.14. The summed E-state index contributed by atoms with van der Waals surface area (Å²) in [6.45, 7) is 2.42. The number of aromatic nitrogens is 1. The summed E-state index contributed by atoms with van der Waals surface area (Å²) < 4.78 is 29.8. The van der Waals surface area contributed by atoms with Gasteiger partial charge in [0.15, 0.2) is 10.8 Å². The Hall–Kier alpha value is -1.71. The molecule has 0 bridgehead atoms. The van der Waals surface area contributed by atoms with Crippen molar-refractivity contribution in [1.29, 1.82) is 0 Å². The van der Waals surface area contributed by atoms with Crippen LogP contribution >= 0.6 is 11.3 Å². The van der Waals surface area contributed by atoms with E-state index >= 15 is 0 Å². The van der Waals surface area contributed by atoms with Crippen LogP contribution in [0.5, 0.6) is 0 Å². The van der Waals surface area contributed by atoms with E-state index in [1.165, 1.54) is 15.6 Å². The molecule has 2 aromatic heterocycles. The zero-order valence-electron chi connectivity index (χ0n) is 13.7. The van der Waals surface area contributed by atoms with Gasteiger partial charge in [-0.05, 0) is 25.5 Å². The number of nitrogens with one attached hydrogen (secondary N) is 1. The van der Waals surface area contributed by atoms with Crippen molar-refractivity contribution in [2.24, 2.45) is 0 Å². The molecule has 2 rings (SSSR count). The number of carbonyl (C=O) groups is 1. The molecule has 0 unspecified atom stereocenters. The molecule has 1 amide bonds. The van der Waals surface area contributed by atoms with Crippen LogP contribution in [0.2, 0.25) is 0 Å². The van der Waals surface area contributed by atoms with Gasteiger partial charge in [-0.3, -0.25) is 4.79 Å². The van der Waals surface area contributed by atoms with Gasteiger partial charge >= 0.3 is 0 Å². The summed E-state index contributed by atoms with van der Waals surface area (Å²) in [5, 5.41) is 5.36. The third-order valence-corrected chi connectivity index (χ3v) is 6.20. The van der Waals surface area contributed by atoms with Gasteiger partial charge in [-0.25, -0.2) is 17.7 Å². The van der Waals surface area contributed by atoms with Crippen LogP contribution in [0.3, 0.4) is 0 Å². The summed E-state index contributed by atoms with van der Waals surface area (Å²) in [6, 6.07) is 3.61. The summed E-state index contributed by atoms with van der Waals surface area (Å²) in [5.41, 5.74) is 0.689. The number of hydrogen-bond donors (Lipinski definition) is 1. The van der Waals surface area contributed by atoms with Crippen molar-refractivity contribution >= 4 is 27.3 Å². The highest BCUT2D eigenvalue weighted by molar-refractivity contribution is 7.89. The van der Waals surface area contributed by atoms with E-state index in [4.69, 9.17) is 4.42 Å². The number of nitrogens with zero attached hydrogens (tertiary/aromatic N) is 2. The lowest BCUT2D eigenvalue weighted by molar-refractivity contribution is -0.120. The van der Waals surface area contributed by atoms with Crippen LogP contribution in [0.1, 0.15) is 19.0 Å². The Bertz CT molecular complexity index is 754. The van der Waals surface area contributed by atoms with Crippen LogP contribution < -0.4 is 5.32 Å². The van der Waals surface area contributed by atoms with Gasteiger partial charge in [0.05, 0.1) is 24.1 Å². The van der Waals surface area contributed by atoms with Crippen molar-refractivity contribution in [3.8, 4) is 10.8 Å². The average molecular weight is 371 g/mol. The minimum atomic E-state index is -3.16. The molecule has 0 aromatic carbocycles. The number of furan rings is 1. The third-order valence-electron chi connectivity index (χ3n) is 3.44. The molecule has 2 aromatic rings. The van der Waals surface area contributed by atoms with E-state index < -0.39 is 10.0 Å².